The van der Waals surface area contributed by atoms with Gasteiger partial charge < -0.3 is 5.32 Å². The van der Waals surface area contributed by atoms with E-state index in [0.717, 1.165) is 11.3 Å². The second kappa shape index (κ2) is 4.95. The third kappa shape index (κ3) is 2.91. The van der Waals surface area contributed by atoms with E-state index in [0.29, 0.717) is 18.0 Å². The van der Waals surface area contributed by atoms with Crippen molar-refractivity contribution in [3.63, 3.8) is 0 Å². The van der Waals surface area contributed by atoms with Gasteiger partial charge in [0.2, 0.25) is 5.91 Å². The Labute approximate surface area is 104 Å². The Morgan fingerprint density at radius 3 is 2.72 bits per heavy atom. The van der Waals surface area contributed by atoms with Crippen LogP contribution in [0.2, 0.25) is 0 Å². The van der Waals surface area contributed by atoms with Crippen LogP contribution < -0.4 is 10.7 Å². The molecule has 1 aromatic heterocycles. The molecule has 0 saturated carbocycles. The molecule has 2 N–H and O–H groups in total. The lowest BCUT2D eigenvalue weighted by Crippen LogP contribution is -2.33. The van der Waals surface area contributed by atoms with Crippen LogP contribution in [-0.4, -0.2) is 22.5 Å². The Hall–Kier alpha value is -2.24. The summed E-state index contributed by atoms with van der Waals surface area (Å²) in [4.78, 5) is 27.0. The third-order valence-electron chi connectivity index (χ3n) is 2.51. The van der Waals surface area contributed by atoms with Crippen molar-refractivity contribution in [2.24, 2.45) is 5.10 Å². The third-order valence-corrected chi connectivity index (χ3v) is 2.51. The van der Waals surface area contributed by atoms with Crippen molar-refractivity contribution >= 4 is 23.3 Å². The second-order valence-electron chi connectivity index (χ2n) is 4.22. The lowest BCUT2D eigenvalue weighted by atomic mass is 10.1. The second-order valence-corrected chi connectivity index (χ2v) is 4.22. The molecule has 0 saturated heterocycles. The molecule has 0 aliphatic carbocycles. The number of carbonyl (C=O) groups is 2. The molecular formula is C12H14N4O2. The van der Waals surface area contributed by atoms with Gasteiger partial charge in [-0.25, -0.2) is 10.4 Å². The van der Waals surface area contributed by atoms with E-state index in [9.17, 15) is 9.59 Å². The number of carbonyl (C=O) groups excluding carboxylic acids is 2. The molecule has 2 rings (SSSR count). The Morgan fingerprint density at radius 1 is 1.33 bits per heavy atom. The predicted octanol–water partition coefficient (Wildman–Crippen LogP) is 0.903. The van der Waals surface area contributed by atoms with E-state index in [2.05, 4.69) is 20.8 Å². The summed E-state index contributed by atoms with van der Waals surface area (Å²) >= 11 is 0. The number of rotatable bonds is 2. The maximum absolute atomic E-state index is 11.9. The van der Waals surface area contributed by atoms with Crippen LogP contribution in [0.25, 0.3) is 0 Å². The molecule has 1 aromatic rings. The number of nitrogens with zero attached hydrogens (tertiary/aromatic N) is 2. The molecule has 1 aliphatic heterocycles. The normalized spacial score (nSPS) is 14.8. The molecule has 0 unspecified atom stereocenters. The Bertz CT molecular complexity index is 517. The van der Waals surface area contributed by atoms with Gasteiger partial charge in [-0.05, 0) is 31.5 Å². The largest absolute Gasteiger partial charge is 0.305 e. The van der Waals surface area contributed by atoms with Gasteiger partial charge in [-0.2, -0.15) is 5.10 Å². The van der Waals surface area contributed by atoms with Gasteiger partial charge in [0, 0.05) is 18.5 Å². The fourth-order valence-electron chi connectivity index (χ4n) is 1.73. The van der Waals surface area contributed by atoms with Crippen LogP contribution in [0.5, 0.6) is 0 Å². The summed E-state index contributed by atoms with van der Waals surface area (Å²) in [6, 6.07) is 3.71. The maximum Gasteiger partial charge on any atom is 0.273 e. The lowest BCUT2D eigenvalue weighted by molar-refractivity contribution is -0.121. The molecule has 1 aliphatic rings. The molecule has 2 heterocycles. The quantitative estimate of drug-likeness (QED) is 0.813. The molecule has 0 atom stereocenters. The zero-order valence-corrected chi connectivity index (χ0v) is 10.3. The number of aryl methyl sites for hydroxylation is 2. The molecule has 94 valence electrons. The van der Waals surface area contributed by atoms with Crippen molar-refractivity contribution in [3.8, 4) is 0 Å². The average molecular weight is 246 g/mol. The first-order chi connectivity index (χ1) is 8.54. The van der Waals surface area contributed by atoms with E-state index in [1.54, 1.807) is 6.07 Å². The number of hydrogen-bond donors (Lipinski definition) is 2. The van der Waals surface area contributed by atoms with Gasteiger partial charge in [0.15, 0.2) is 0 Å². The van der Waals surface area contributed by atoms with Crippen molar-refractivity contribution in [1.82, 2.24) is 10.4 Å². The smallest absolute Gasteiger partial charge is 0.273 e. The number of aromatic nitrogens is 1. The first-order valence-corrected chi connectivity index (χ1v) is 5.66. The van der Waals surface area contributed by atoms with Crippen LogP contribution in [0.15, 0.2) is 17.2 Å². The summed E-state index contributed by atoms with van der Waals surface area (Å²) < 4.78 is 0. The van der Waals surface area contributed by atoms with Crippen LogP contribution >= 0.6 is 0 Å². The molecular weight excluding hydrogens is 232 g/mol. The summed E-state index contributed by atoms with van der Waals surface area (Å²) in [5.74, 6) is 0.000625. The zero-order chi connectivity index (χ0) is 13.1. The predicted molar refractivity (Wildman–Crippen MR) is 67.2 cm³/mol. The number of nitrogens with one attached hydrogen (secondary N) is 2. The summed E-state index contributed by atoms with van der Waals surface area (Å²) in [7, 11) is 0. The summed E-state index contributed by atoms with van der Waals surface area (Å²) in [6.07, 6.45) is 0.634. The summed E-state index contributed by atoms with van der Waals surface area (Å²) in [6.45, 7) is 3.80. The van der Waals surface area contributed by atoms with Crippen LogP contribution in [0.3, 0.4) is 0 Å². The average Bonchev–Trinajstić information content (AvgIpc) is 2.28. The molecule has 0 bridgehead atoms. The molecule has 0 fully saturated rings. The van der Waals surface area contributed by atoms with E-state index in [4.69, 9.17) is 0 Å². The highest BCUT2D eigenvalue weighted by Crippen LogP contribution is 2.10. The van der Waals surface area contributed by atoms with Gasteiger partial charge in [0.05, 0.1) is 0 Å². The van der Waals surface area contributed by atoms with Crippen molar-refractivity contribution in [1.29, 1.82) is 0 Å². The summed E-state index contributed by atoms with van der Waals surface area (Å²) in [5, 5.41) is 6.40. The Morgan fingerprint density at radius 2 is 2.11 bits per heavy atom. The molecule has 0 spiro atoms. The van der Waals surface area contributed by atoms with Crippen LogP contribution in [0.4, 0.5) is 5.82 Å². The van der Waals surface area contributed by atoms with Gasteiger partial charge in [-0.3, -0.25) is 9.59 Å². The Kier molecular flexibility index (Phi) is 3.36. The van der Waals surface area contributed by atoms with Crippen molar-refractivity contribution in [2.45, 2.75) is 26.7 Å². The van der Waals surface area contributed by atoms with Crippen LogP contribution in [0.1, 0.15) is 24.1 Å². The number of anilines is 1. The van der Waals surface area contributed by atoms with E-state index in [1.807, 2.05) is 19.9 Å². The minimum Gasteiger partial charge on any atom is -0.305 e. The monoisotopic (exact) mass is 246 g/mol. The highest BCUT2D eigenvalue weighted by Gasteiger charge is 2.18. The number of hydrogen-bond acceptors (Lipinski definition) is 4. The fourth-order valence-corrected chi connectivity index (χ4v) is 1.73. The first-order valence-electron chi connectivity index (χ1n) is 5.66. The first kappa shape index (κ1) is 12.2. The van der Waals surface area contributed by atoms with Gasteiger partial charge >= 0.3 is 0 Å². The topological polar surface area (TPSA) is 83.4 Å². The van der Waals surface area contributed by atoms with Crippen molar-refractivity contribution in [2.75, 3.05) is 5.32 Å². The minimum atomic E-state index is -0.326. The minimum absolute atomic E-state index is 0.170. The lowest BCUT2D eigenvalue weighted by Gasteiger charge is -2.12. The van der Waals surface area contributed by atoms with Gasteiger partial charge in [-0.1, -0.05) is 0 Å². The fraction of sp³-hybridized carbons (Fsp3) is 0.333. The van der Waals surface area contributed by atoms with E-state index in [-0.39, 0.29) is 18.2 Å². The van der Waals surface area contributed by atoms with Gasteiger partial charge in [0.25, 0.3) is 5.91 Å². The zero-order valence-electron chi connectivity index (χ0n) is 10.3. The van der Waals surface area contributed by atoms with Gasteiger partial charge in [0.1, 0.15) is 11.5 Å². The Balaban J connectivity index is 2.09. The SMILES string of the molecule is Cc1cc(C)nc(NC(=O)C2=NNC(=O)CC2)c1. The van der Waals surface area contributed by atoms with Crippen LogP contribution in [0, 0.1) is 13.8 Å². The molecule has 6 nitrogen and oxygen atoms in total. The molecule has 0 radical (unpaired) electrons. The van der Waals surface area contributed by atoms with Crippen molar-refractivity contribution < 1.29 is 9.59 Å². The van der Waals surface area contributed by atoms with E-state index >= 15 is 0 Å². The van der Waals surface area contributed by atoms with Crippen molar-refractivity contribution in [3.05, 3.63) is 23.4 Å². The highest BCUT2D eigenvalue weighted by molar-refractivity contribution is 6.43. The molecule has 18 heavy (non-hydrogen) atoms. The van der Waals surface area contributed by atoms with E-state index in [1.165, 1.54) is 0 Å². The maximum atomic E-state index is 11.9. The van der Waals surface area contributed by atoms with E-state index < -0.39 is 0 Å². The molecule has 2 amide bonds. The van der Waals surface area contributed by atoms with Gasteiger partial charge in [-0.15, -0.1) is 0 Å². The number of pyridine rings is 1. The highest BCUT2D eigenvalue weighted by atomic mass is 16.2. The number of amides is 2. The summed E-state index contributed by atoms with van der Waals surface area (Å²) in [5.41, 5.74) is 4.47. The van der Waals surface area contributed by atoms with Crippen LogP contribution in [-0.2, 0) is 9.59 Å². The molecule has 0 aromatic carbocycles. The standard InChI is InChI=1S/C12H14N4O2/c1-7-5-8(2)13-10(6-7)14-12(18)9-3-4-11(17)16-15-9/h5-6H,3-4H2,1-2H3,(H,16,17)(H,13,14,18). The molecule has 6 heteroatoms. The number of hydrazone groups is 1.